The average Bonchev–Trinajstić information content (AvgIpc) is 2.76. The molecule has 2 aromatic rings. The van der Waals surface area contributed by atoms with Crippen molar-refractivity contribution in [3.8, 4) is 0 Å². The van der Waals surface area contributed by atoms with Crippen LogP contribution < -0.4 is 0 Å². The fraction of sp³-hybridized carbons (Fsp3) is 0.348. The van der Waals surface area contributed by atoms with Crippen LogP contribution in [-0.4, -0.2) is 64.7 Å². The van der Waals surface area contributed by atoms with Gasteiger partial charge in [-0.05, 0) is 89.0 Å². The first-order valence-corrected chi connectivity index (χ1v) is 11.8. The number of halogens is 4. The lowest BCUT2D eigenvalue weighted by molar-refractivity contribution is 0.0141. The Morgan fingerprint density at radius 2 is 1.29 bits per heavy atom. The number of hydrogen-bond donors (Lipinski definition) is 1. The van der Waals surface area contributed by atoms with Gasteiger partial charge in [0.25, 0.3) is 5.91 Å². The number of piperazine rings is 1. The maximum Gasteiger partial charge on any atom is 0.410 e. The van der Waals surface area contributed by atoms with E-state index >= 15 is 0 Å². The summed E-state index contributed by atoms with van der Waals surface area (Å²) in [6, 6.07) is 7.96. The Balaban J connectivity index is 0.000000310. The molecule has 0 aliphatic carbocycles. The first-order valence-electron chi connectivity index (χ1n) is 10.2. The normalized spacial score (nSPS) is 13.6. The smallest absolute Gasteiger partial charge is 0.410 e. The summed E-state index contributed by atoms with van der Waals surface area (Å²) >= 11 is 5.97. The monoisotopic (exact) mass is 604 g/mol. The molecule has 1 N–H and O–H groups in total. The van der Waals surface area contributed by atoms with Crippen molar-refractivity contribution < 1.29 is 33.0 Å². The van der Waals surface area contributed by atoms with Gasteiger partial charge in [0, 0.05) is 31.7 Å². The first kappa shape index (κ1) is 27.7. The summed E-state index contributed by atoms with van der Waals surface area (Å²) in [7, 11) is 0. The van der Waals surface area contributed by atoms with E-state index in [1.165, 1.54) is 24.3 Å². The van der Waals surface area contributed by atoms with E-state index in [-0.39, 0.29) is 22.0 Å². The Bertz CT molecular complexity index is 1070. The molecule has 7 nitrogen and oxygen atoms in total. The third-order valence-corrected chi connectivity index (χ3v) is 5.84. The zero-order valence-electron chi connectivity index (χ0n) is 18.8. The predicted octanol–water partition coefficient (Wildman–Crippen LogP) is 5.57. The number of carbonyl (C=O) groups excluding carboxylic acids is 2. The lowest BCUT2D eigenvalue weighted by Gasteiger charge is -2.35. The Morgan fingerprint density at radius 3 is 1.74 bits per heavy atom. The molecular formula is C23H24Br2F2N2O5. The molecule has 0 radical (unpaired) electrons. The highest BCUT2D eigenvalue weighted by Crippen LogP contribution is 2.19. The molecule has 3 rings (SSSR count). The van der Waals surface area contributed by atoms with Gasteiger partial charge in [-0.25, -0.2) is 18.4 Å². The van der Waals surface area contributed by atoms with E-state index in [4.69, 9.17) is 9.84 Å². The van der Waals surface area contributed by atoms with E-state index in [1.807, 2.05) is 20.8 Å². The molecule has 1 fully saturated rings. The van der Waals surface area contributed by atoms with E-state index in [1.54, 1.807) is 15.9 Å². The summed E-state index contributed by atoms with van der Waals surface area (Å²) in [4.78, 5) is 37.8. The van der Waals surface area contributed by atoms with Crippen LogP contribution in [0.4, 0.5) is 13.6 Å². The average molecular weight is 606 g/mol. The number of amides is 2. The minimum atomic E-state index is -1.13. The molecule has 2 amide bonds. The van der Waals surface area contributed by atoms with Crippen molar-refractivity contribution in [1.29, 1.82) is 0 Å². The lowest BCUT2D eigenvalue weighted by Crippen LogP contribution is -2.51. The SMILES string of the molecule is CC(C)(C)OC(=O)N1CCN(C(=O)c2ccc(Br)c(F)c2)CC1.O=C(O)c1ccc(Br)c(F)c1. The van der Waals surface area contributed by atoms with Crippen molar-refractivity contribution >= 4 is 49.8 Å². The van der Waals surface area contributed by atoms with Gasteiger partial charge < -0.3 is 19.6 Å². The highest BCUT2D eigenvalue weighted by atomic mass is 79.9. The van der Waals surface area contributed by atoms with Crippen LogP contribution in [0.15, 0.2) is 45.3 Å². The van der Waals surface area contributed by atoms with E-state index in [2.05, 4.69) is 31.9 Å². The predicted molar refractivity (Wildman–Crippen MR) is 129 cm³/mol. The van der Waals surface area contributed by atoms with Gasteiger partial charge in [-0.1, -0.05) is 0 Å². The van der Waals surface area contributed by atoms with Gasteiger partial charge in [-0.2, -0.15) is 0 Å². The minimum absolute atomic E-state index is 0.0503. The molecular weight excluding hydrogens is 582 g/mol. The number of hydrogen-bond acceptors (Lipinski definition) is 4. The van der Waals surface area contributed by atoms with Crippen molar-refractivity contribution in [3.05, 3.63) is 68.1 Å². The summed E-state index contributed by atoms with van der Waals surface area (Å²) in [6.45, 7) is 7.04. The Kier molecular flexibility index (Phi) is 9.57. The van der Waals surface area contributed by atoms with Gasteiger partial charge in [-0.15, -0.1) is 0 Å². The third-order valence-electron chi connectivity index (χ3n) is 4.55. The molecule has 0 bridgehead atoms. The second kappa shape index (κ2) is 11.7. The molecule has 1 aliphatic heterocycles. The van der Waals surface area contributed by atoms with Gasteiger partial charge in [-0.3, -0.25) is 4.79 Å². The molecule has 0 aromatic heterocycles. The molecule has 1 saturated heterocycles. The fourth-order valence-electron chi connectivity index (χ4n) is 2.86. The zero-order chi connectivity index (χ0) is 25.6. The van der Waals surface area contributed by atoms with Gasteiger partial charge in [0.15, 0.2) is 0 Å². The molecule has 1 heterocycles. The van der Waals surface area contributed by atoms with Crippen LogP contribution in [0.1, 0.15) is 41.5 Å². The summed E-state index contributed by atoms with van der Waals surface area (Å²) in [5, 5.41) is 8.42. The Labute approximate surface area is 212 Å². The number of carboxylic acid groups (broad SMARTS) is 1. The summed E-state index contributed by atoms with van der Waals surface area (Å²) in [5.74, 6) is -2.40. The van der Waals surface area contributed by atoms with E-state index in [9.17, 15) is 23.2 Å². The molecule has 1 aliphatic rings. The molecule has 0 spiro atoms. The second-order valence-corrected chi connectivity index (χ2v) is 10.0. The molecule has 11 heteroatoms. The van der Waals surface area contributed by atoms with Crippen molar-refractivity contribution in [2.75, 3.05) is 26.2 Å². The van der Waals surface area contributed by atoms with Crippen molar-refractivity contribution in [2.24, 2.45) is 0 Å². The number of rotatable bonds is 2. The maximum atomic E-state index is 13.5. The van der Waals surface area contributed by atoms with Crippen molar-refractivity contribution in [2.45, 2.75) is 26.4 Å². The van der Waals surface area contributed by atoms with Gasteiger partial charge in [0.1, 0.15) is 17.2 Å². The molecule has 0 atom stereocenters. The summed E-state index contributed by atoms with van der Waals surface area (Å²) < 4.78 is 32.1. The largest absolute Gasteiger partial charge is 0.478 e. The highest BCUT2D eigenvalue weighted by molar-refractivity contribution is 9.10. The molecule has 2 aromatic carbocycles. The highest BCUT2D eigenvalue weighted by Gasteiger charge is 2.28. The van der Waals surface area contributed by atoms with E-state index < -0.39 is 23.2 Å². The number of aromatic carboxylic acids is 1. The number of nitrogens with zero attached hydrogens (tertiary/aromatic N) is 2. The minimum Gasteiger partial charge on any atom is -0.478 e. The van der Waals surface area contributed by atoms with Crippen molar-refractivity contribution in [3.63, 3.8) is 0 Å². The van der Waals surface area contributed by atoms with Crippen LogP contribution >= 0.6 is 31.9 Å². The maximum absolute atomic E-state index is 13.5. The first-order chi connectivity index (χ1) is 15.8. The Morgan fingerprint density at radius 1 is 0.853 bits per heavy atom. The fourth-order valence-corrected chi connectivity index (χ4v) is 3.35. The van der Waals surface area contributed by atoms with E-state index in [0.29, 0.717) is 36.2 Å². The number of carboxylic acids is 1. The lowest BCUT2D eigenvalue weighted by atomic mass is 10.1. The van der Waals surface area contributed by atoms with Crippen LogP contribution in [0, 0.1) is 11.6 Å². The van der Waals surface area contributed by atoms with Crippen molar-refractivity contribution in [1.82, 2.24) is 9.80 Å². The quantitative estimate of drug-likeness (QED) is 0.484. The number of ether oxygens (including phenoxy) is 1. The van der Waals surface area contributed by atoms with Crippen LogP contribution in [0.3, 0.4) is 0 Å². The van der Waals surface area contributed by atoms with Gasteiger partial charge in [0.2, 0.25) is 0 Å². The van der Waals surface area contributed by atoms with Gasteiger partial charge in [0.05, 0.1) is 14.5 Å². The standard InChI is InChI=1S/C16H20BrFN2O3.C7H4BrFO2/c1-16(2,3)23-15(22)20-8-6-19(7-9-20)14(21)11-4-5-12(17)13(18)10-11;8-5-2-1-4(7(10)11)3-6(5)9/h4-5,10H,6-9H2,1-3H3;1-3H,(H,10,11). The Hall–Kier alpha value is -2.53. The molecule has 184 valence electrons. The van der Waals surface area contributed by atoms with Gasteiger partial charge >= 0.3 is 12.1 Å². The van der Waals surface area contributed by atoms with E-state index in [0.717, 1.165) is 6.07 Å². The molecule has 34 heavy (non-hydrogen) atoms. The second-order valence-electron chi connectivity index (χ2n) is 8.32. The molecule has 0 saturated carbocycles. The summed E-state index contributed by atoms with van der Waals surface area (Å²) in [5.41, 5.74) is -0.291. The third kappa shape index (κ3) is 8.05. The zero-order valence-corrected chi connectivity index (χ0v) is 22.0. The number of carbonyl (C=O) groups is 3. The number of benzene rings is 2. The van der Waals surface area contributed by atoms with Crippen LogP contribution in [0.25, 0.3) is 0 Å². The summed E-state index contributed by atoms with van der Waals surface area (Å²) in [6.07, 6.45) is -0.376. The molecule has 0 unspecified atom stereocenters. The topological polar surface area (TPSA) is 87.2 Å². The van der Waals surface area contributed by atoms with Crippen LogP contribution in [0.5, 0.6) is 0 Å². The van der Waals surface area contributed by atoms with Crippen LogP contribution in [-0.2, 0) is 4.74 Å². The van der Waals surface area contributed by atoms with Crippen LogP contribution in [0.2, 0.25) is 0 Å².